The van der Waals surface area contributed by atoms with Gasteiger partial charge in [-0.3, -0.25) is 4.79 Å². The lowest BCUT2D eigenvalue weighted by molar-refractivity contribution is -0.125. The number of hydrogen-bond donors (Lipinski definition) is 1. The molecular formula is C19H23N3O4S. The molecule has 0 unspecified atom stereocenters. The fourth-order valence-electron chi connectivity index (χ4n) is 3.02. The fraction of sp³-hybridized carbons (Fsp3) is 0.474. The van der Waals surface area contributed by atoms with Gasteiger partial charge in [-0.15, -0.1) is 11.8 Å². The van der Waals surface area contributed by atoms with Crippen LogP contribution in [0.25, 0.3) is 0 Å². The average molecular weight is 389 g/mol. The minimum absolute atomic E-state index is 0.200. The van der Waals surface area contributed by atoms with E-state index in [9.17, 15) is 9.59 Å². The molecule has 1 amide bonds. The second kappa shape index (κ2) is 9.55. The Morgan fingerprint density at radius 2 is 2.04 bits per heavy atom. The Balaban J connectivity index is 1.52. The number of amides is 1. The molecule has 1 aromatic carbocycles. The summed E-state index contributed by atoms with van der Waals surface area (Å²) in [5, 5.41) is 6.69. The zero-order valence-electron chi connectivity index (χ0n) is 15.3. The molecule has 7 nitrogen and oxygen atoms in total. The number of benzene rings is 1. The Hall–Kier alpha value is -2.35. The van der Waals surface area contributed by atoms with Gasteiger partial charge in [-0.05, 0) is 31.9 Å². The topological polar surface area (TPSA) is 94.3 Å². The largest absolute Gasteiger partial charge is 0.452 e. The van der Waals surface area contributed by atoms with Crippen LogP contribution in [0.5, 0.6) is 0 Å². The number of aromatic nitrogens is 2. The first-order chi connectivity index (χ1) is 13.1. The molecule has 1 aliphatic carbocycles. The number of ether oxygens (including phenoxy) is 1. The molecule has 0 saturated heterocycles. The third-order valence-electron chi connectivity index (χ3n) is 4.33. The van der Waals surface area contributed by atoms with Crippen molar-refractivity contribution < 1.29 is 18.8 Å². The maximum absolute atomic E-state index is 12.4. The van der Waals surface area contributed by atoms with E-state index in [2.05, 4.69) is 15.5 Å². The lowest BCUT2D eigenvalue weighted by Gasteiger charge is -2.22. The third kappa shape index (κ3) is 5.82. The van der Waals surface area contributed by atoms with Crippen molar-refractivity contribution in [1.82, 2.24) is 15.5 Å². The number of nitrogens with zero attached hydrogens (tertiary/aromatic N) is 2. The van der Waals surface area contributed by atoms with Gasteiger partial charge in [0.05, 0.1) is 11.3 Å². The second-order valence-electron chi connectivity index (χ2n) is 6.50. The third-order valence-corrected chi connectivity index (χ3v) is 5.39. The highest BCUT2D eigenvalue weighted by Gasteiger charge is 2.18. The highest BCUT2D eigenvalue weighted by molar-refractivity contribution is 7.98. The molecule has 3 rings (SSSR count). The first-order valence-corrected chi connectivity index (χ1v) is 10.1. The molecule has 8 heteroatoms. The summed E-state index contributed by atoms with van der Waals surface area (Å²) in [6.45, 7) is 1.48. The van der Waals surface area contributed by atoms with E-state index in [1.54, 1.807) is 19.1 Å². The number of nitrogens with one attached hydrogen (secondary N) is 1. The number of hydrogen-bond acceptors (Lipinski definition) is 7. The van der Waals surface area contributed by atoms with Crippen molar-refractivity contribution in [2.24, 2.45) is 0 Å². The van der Waals surface area contributed by atoms with Crippen molar-refractivity contribution in [2.45, 2.75) is 55.7 Å². The summed E-state index contributed by atoms with van der Waals surface area (Å²) in [7, 11) is 0. The zero-order chi connectivity index (χ0) is 19.1. The normalized spacial score (nSPS) is 14.7. The molecule has 1 fully saturated rings. The van der Waals surface area contributed by atoms with Crippen LogP contribution in [-0.4, -0.2) is 34.7 Å². The van der Waals surface area contributed by atoms with E-state index in [4.69, 9.17) is 9.26 Å². The summed E-state index contributed by atoms with van der Waals surface area (Å²) < 4.78 is 10.3. The summed E-state index contributed by atoms with van der Waals surface area (Å²) in [5.41, 5.74) is 0.421. The summed E-state index contributed by atoms with van der Waals surface area (Å²) in [6.07, 6.45) is 5.48. The minimum Gasteiger partial charge on any atom is -0.452 e. The Labute approximate surface area is 162 Å². The summed E-state index contributed by atoms with van der Waals surface area (Å²) in [4.78, 5) is 29.3. The van der Waals surface area contributed by atoms with Gasteiger partial charge in [0.2, 0.25) is 5.89 Å². The maximum atomic E-state index is 12.4. The van der Waals surface area contributed by atoms with Crippen molar-refractivity contribution in [3.05, 3.63) is 41.5 Å². The van der Waals surface area contributed by atoms with Gasteiger partial charge in [0.1, 0.15) is 0 Å². The number of rotatable bonds is 7. The van der Waals surface area contributed by atoms with E-state index in [0.29, 0.717) is 23.0 Å². The van der Waals surface area contributed by atoms with Crippen LogP contribution in [0.1, 0.15) is 54.2 Å². The van der Waals surface area contributed by atoms with Crippen LogP contribution in [-0.2, 0) is 15.3 Å². The SMILES string of the molecule is Cc1noc(CSc2ccccc2C(=O)OCC(=O)NC2CCCCC2)n1. The standard InChI is InChI=1S/C19H23N3O4S/c1-13-20-18(26-22-13)12-27-16-10-6-5-9-15(16)19(24)25-11-17(23)21-14-7-3-2-4-8-14/h5-6,9-10,14H,2-4,7-8,11-12H2,1H3,(H,21,23). The fourth-order valence-corrected chi connectivity index (χ4v) is 3.90. The molecule has 0 bridgehead atoms. The van der Waals surface area contributed by atoms with Crippen LogP contribution < -0.4 is 5.32 Å². The van der Waals surface area contributed by atoms with Gasteiger partial charge in [0, 0.05) is 10.9 Å². The highest BCUT2D eigenvalue weighted by Crippen LogP contribution is 2.26. The van der Waals surface area contributed by atoms with Crippen LogP contribution >= 0.6 is 11.8 Å². The van der Waals surface area contributed by atoms with Crippen LogP contribution in [0.15, 0.2) is 33.7 Å². The molecular weight excluding hydrogens is 366 g/mol. The molecule has 0 spiro atoms. The van der Waals surface area contributed by atoms with Crippen molar-refractivity contribution in [2.75, 3.05) is 6.61 Å². The lowest BCUT2D eigenvalue weighted by Crippen LogP contribution is -2.38. The van der Waals surface area contributed by atoms with Crippen LogP contribution in [0.3, 0.4) is 0 Å². The molecule has 1 aromatic heterocycles. The molecule has 0 aliphatic heterocycles. The maximum Gasteiger partial charge on any atom is 0.339 e. The second-order valence-corrected chi connectivity index (χ2v) is 7.52. The summed E-state index contributed by atoms with van der Waals surface area (Å²) >= 11 is 1.41. The Morgan fingerprint density at radius 3 is 2.78 bits per heavy atom. The minimum atomic E-state index is -0.515. The van der Waals surface area contributed by atoms with Crippen LogP contribution in [0.2, 0.25) is 0 Å². The highest BCUT2D eigenvalue weighted by atomic mass is 32.2. The van der Waals surface area contributed by atoms with Gasteiger partial charge in [0.25, 0.3) is 5.91 Å². The number of thioether (sulfide) groups is 1. The number of carbonyl (C=O) groups is 2. The molecule has 1 aliphatic rings. The predicted molar refractivity (Wildman–Crippen MR) is 100 cm³/mol. The molecule has 27 heavy (non-hydrogen) atoms. The van der Waals surface area contributed by atoms with Crippen molar-refractivity contribution >= 4 is 23.6 Å². The van der Waals surface area contributed by atoms with Crippen molar-refractivity contribution in [1.29, 1.82) is 0 Å². The Morgan fingerprint density at radius 1 is 1.26 bits per heavy atom. The zero-order valence-corrected chi connectivity index (χ0v) is 16.1. The van der Waals surface area contributed by atoms with E-state index in [-0.39, 0.29) is 18.6 Å². The smallest absolute Gasteiger partial charge is 0.339 e. The first-order valence-electron chi connectivity index (χ1n) is 9.09. The molecule has 0 radical (unpaired) electrons. The van der Waals surface area contributed by atoms with Crippen LogP contribution in [0, 0.1) is 6.92 Å². The van der Waals surface area contributed by atoms with Gasteiger partial charge in [-0.25, -0.2) is 4.79 Å². The number of esters is 1. The number of aryl methyl sites for hydroxylation is 1. The Bertz CT molecular complexity index is 787. The van der Waals surface area contributed by atoms with Crippen molar-refractivity contribution in [3.63, 3.8) is 0 Å². The molecule has 144 valence electrons. The molecule has 0 atom stereocenters. The molecule has 1 saturated carbocycles. The molecule has 1 heterocycles. The van der Waals surface area contributed by atoms with E-state index < -0.39 is 5.97 Å². The quantitative estimate of drug-likeness (QED) is 0.573. The monoisotopic (exact) mass is 389 g/mol. The van der Waals surface area contributed by atoms with Gasteiger partial charge >= 0.3 is 5.97 Å². The lowest BCUT2D eigenvalue weighted by atomic mass is 9.95. The first kappa shape index (κ1) is 19.4. The summed E-state index contributed by atoms with van der Waals surface area (Å²) in [5.74, 6) is 0.753. The van der Waals surface area contributed by atoms with E-state index >= 15 is 0 Å². The van der Waals surface area contributed by atoms with Gasteiger partial charge < -0.3 is 14.6 Å². The van der Waals surface area contributed by atoms with E-state index in [0.717, 1.165) is 30.6 Å². The van der Waals surface area contributed by atoms with Gasteiger partial charge in [0.15, 0.2) is 12.4 Å². The van der Waals surface area contributed by atoms with E-state index in [1.807, 2.05) is 12.1 Å². The van der Waals surface area contributed by atoms with Gasteiger partial charge in [-0.1, -0.05) is 36.6 Å². The Kier molecular flexibility index (Phi) is 6.86. The number of carbonyl (C=O) groups excluding carboxylic acids is 2. The van der Waals surface area contributed by atoms with Gasteiger partial charge in [-0.2, -0.15) is 4.98 Å². The predicted octanol–water partition coefficient (Wildman–Crippen LogP) is 3.28. The van der Waals surface area contributed by atoms with E-state index in [1.165, 1.54) is 18.2 Å². The van der Waals surface area contributed by atoms with Crippen molar-refractivity contribution in [3.8, 4) is 0 Å². The van der Waals surface area contributed by atoms with Crippen LogP contribution in [0.4, 0.5) is 0 Å². The average Bonchev–Trinajstić information content (AvgIpc) is 3.11. The molecule has 1 N–H and O–H groups in total. The summed E-state index contributed by atoms with van der Waals surface area (Å²) in [6, 6.07) is 7.31. The molecule has 2 aromatic rings.